The lowest BCUT2D eigenvalue weighted by atomic mass is 10.4. The van der Waals surface area contributed by atoms with Gasteiger partial charge in [0.25, 0.3) is 5.88 Å². The number of nitrogens with one attached hydrogen (secondary N) is 1. The molecule has 0 aliphatic heterocycles. The first-order chi connectivity index (χ1) is 6.27. The highest BCUT2D eigenvalue weighted by atomic mass is 16.5. The number of carbonyl (C=O) groups is 1. The molecule has 1 heterocycles. The average Bonchev–Trinajstić information content (AvgIpc) is 2.18. The van der Waals surface area contributed by atoms with E-state index in [-0.39, 0.29) is 5.91 Å². The molecule has 0 spiro atoms. The van der Waals surface area contributed by atoms with Crippen LogP contribution in [0, 0.1) is 0 Å². The van der Waals surface area contributed by atoms with Crippen LogP contribution in [0.4, 0.5) is 5.82 Å². The van der Waals surface area contributed by atoms with E-state index < -0.39 is 0 Å². The number of carbonyl (C=O) groups excluding carboxylic acids is 1. The van der Waals surface area contributed by atoms with E-state index in [0.717, 1.165) is 0 Å². The van der Waals surface area contributed by atoms with Crippen LogP contribution in [0.1, 0.15) is 13.3 Å². The Bertz CT molecular complexity index is 301. The van der Waals surface area contributed by atoms with E-state index in [0.29, 0.717) is 18.1 Å². The molecule has 0 aromatic carbocycles. The van der Waals surface area contributed by atoms with Gasteiger partial charge in [-0.05, 0) is 0 Å². The maximum Gasteiger partial charge on any atom is 0.257 e. The van der Waals surface area contributed by atoms with Gasteiger partial charge in [-0.3, -0.25) is 4.79 Å². The molecule has 1 rings (SSSR count). The Hall–Kier alpha value is -1.65. The third-order valence-corrected chi connectivity index (χ3v) is 1.44. The van der Waals surface area contributed by atoms with Gasteiger partial charge < -0.3 is 10.1 Å². The van der Waals surface area contributed by atoms with Crippen molar-refractivity contribution in [3.63, 3.8) is 0 Å². The van der Waals surface area contributed by atoms with E-state index >= 15 is 0 Å². The van der Waals surface area contributed by atoms with Crippen molar-refractivity contribution >= 4 is 11.7 Å². The molecule has 70 valence electrons. The standard InChI is InChI=1S/C8H11N3O2/c1-3-6(12)11-7-8(13-2)10-5-4-9-7/h4-5H,3H2,1-2H3,(H,9,11,12). The van der Waals surface area contributed by atoms with Gasteiger partial charge in [-0.1, -0.05) is 6.92 Å². The molecule has 0 saturated carbocycles. The van der Waals surface area contributed by atoms with Crippen LogP contribution in [0.5, 0.6) is 5.88 Å². The Kier molecular flexibility index (Phi) is 3.19. The SMILES string of the molecule is CCC(=O)Nc1nccnc1OC. The van der Waals surface area contributed by atoms with E-state index in [1.165, 1.54) is 19.5 Å². The lowest BCUT2D eigenvalue weighted by Gasteiger charge is -2.05. The molecule has 1 N–H and O–H groups in total. The van der Waals surface area contributed by atoms with Crippen LogP contribution in [0.2, 0.25) is 0 Å². The second-order valence-electron chi connectivity index (χ2n) is 2.32. The van der Waals surface area contributed by atoms with E-state index in [9.17, 15) is 4.79 Å². The lowest BCUT2D eigenvalue weighted by molar-refractivity contribution is -0.115. The van der Waals surface area contributed by atoms with Crippen LogP contribution in [-0.4, -0.2) is 23.0 Å². The van der Waals surface area contributed by atoms with Crippen molar-refractivity contribution in [2.24, 2.45) is 0 Å². The van der Waals surface area contributed by atoms with Crippen LogP contribution in [-0.2, 0) is 4.79 Å². The normalized spacial score (nSPS) is 9.38. The first-order valence-corrected chi connectivity index (χ1v) is 3.92. The summed E-state index contributed by atoms with van der Waals surface area (Å²) >= 11 is 0. The van der Waals surface area contributed by atoms with Crippen molar-refractivity contribution in [3.8, 4) is 5.88 Å². The van der Waals surface area contributed by atoms with Crippen LogP contribution >= 0.6 is 0 Å². The topological polar surface area (TPSA) is 64.1 Å². The highest BCUT2D eigenvalue weighted by Gasteiger charge is 2.06. The summed E-state index contributed by atoms with van der Waals surface area (Å²) in [6.45, 7) is 1.76. The summed E-state index contributed by atoms with van der Waals surface area (Å²) in [7, 11) is 1.48. The Labute approximate surface area is 76.2 Å². The van der Waals surface area contributed by atoms with Crippen LogP contribution in [0.25, 0.3) is 0 Å². The highest BCUT2D eigenvalue weighted by Crippen LogP contribution is 2.16. The first kappa shape index (κ1) is 9.44. The van der Waals surface area contributed by atoms with Crippen molar-refractivity contribution in [1.29, 1.82) is 0 Å². The van der Waals surface area contributed by atoms with Gasteiger partial charge in [-0.15, -0.1) is 0 Å². The molecule has 0 saturated heterocycles. The molecule has 5 heteroatoms. The van der Waals surface area contributed by atoms with E-state index in [1.807, 2.05) is 0 Å². The largest absolute Gasteiger partial charge is 0.478 e. The average molecular weight is 181 g/mol. The Morgan fingerprint density at radius 3 is 2.85 bits per heavy atom. The predicted octanol–water partition coefficient (Wildman–Crippen LogP) is 0.834. The zero-order valence-electron chi connectivity index (χ0n) is 7.57. The van der Waals surface area contributed by atoms with Gasteiger partial charge in [-0.2, -0.15) is 0 Å². The van der Waals surface area contributed by atoms with E-state index in [4.69, 9.17) is 4.74 Å². The van der Waals surface area contributed by atoms with Gasteiger partial charge in [0.1, 0.15) is 0 Å². The molecule has 1 amide bonds. The molecule has 0 bridgehead atoms. The van der Waals surface area contributed by atoms with E-state index in [1.54, 1.807) is 6.92 Å². The maximum absolute atomic E-state index is 11.0. The second-order valence-corrected chi connectivity index (χ2v) is 2.32. The van der Waals surface area contributed by atoms with Gasteiger partial charge in [0, 0.05) is 18.8 Å². The number of anilines is 1. The molecule has 1 aromatic heterocycles. The Morgan fingerprint density at radius 1 is 1.54 bits per heavy atom. The molecule has 0 aliphatic rings. The van der Waals surface area contributed by atoms with Crippen molar-refractivity contribution in [3.05, 3.63) is 12.4 Å². The molecule has 13 heavy (non-hydrogen) atoms. The molecule has 5 nitrogen and oxygen atoms in total. The fourth-order valence-electron chi connectivity index (χ4n) is 0.781. The van der Waals surface area contributed by atoms with Crippen molar-refractivity contribution in [1.82, 2.24) is 9.97 Å². The predicted molar refractivity (Wildman–Crippen MR) is 47.5 cm³/mol. The highest BCUT2D eigenvalue weighted by molar-refractivity contribution is 5.90. The maximum atomic E-state index is 11.0. The fraction of sp³-hybridized carbons (Fsp3) is 0.375. The molecule has 0 fully saturated rings. The number of rotatable bonds is 3. The molecule has 0 atom stereocenters. The van der Waals surface area contributed by atoms with Gasteiger partial charge in [0.2, 0.25) is 5.91 Å². The number of ether oxygens (including phenoxy) is 1. The van der Waals surface area contributed by atoms with Crippen LogP contribution < -0.4 is 10.1 Å². The van der Waals surface area contributed by atoms with Gasteiger partial charge >= 0.3 is 0 Å². The van der Waals surface area contributed by atoms with Crippen molar-refractivity contribution in [2.75, 3.05) is 12.4 Å². The number of nitrogens with zero attached hydrogens (tertiary/aromatic N) is 2. The third-order valence-electron chi connectivity index (χ3n) is 1.44. The summed E-state index contributed by atoms with van der Waals surface area (Å²) < 4.78 is 4.90. The van der Waals surface area contributed by atoms with Crippen molar-refractivity contribution < 1.29 is 9.53 Å². The fourth-order valence-corrected chi connectivity index (χ4v) is 0.781. The minimum atomic E-state index is -0.112. The summed E-state index contributed by atoms with van der Waals surface area (Å²) in [5, 5.41) is 2.57. The number of amides is 1. The van der Waals surface area contributed by atoms with Gasteiger partial charge in [-0.25, -0.2) is 9.97 Å². The third kappa shape index (κ3) is 2.40. The molecule has 0 unspecified atom stereocenters. The summed E-state index contributed by atoms with van der Waals surface area (Å²) in [5.74, 6) is 0.569. The molecule has 0 radical (unpaired) electrons. The van der Waals surface area contributed by atoms with Crippen LogP contribution in [0.15, 0.2) is 12.4 Å². The minimum absolute atomic E-state index is 0.112. The lowest BCUT2D eigenvalue weighted by Crippen LogP contribution is -2.12. The molecule has 1 aromatic rings. The Balaban J connectivity index is 2.81. The van der Waals surface area contributed by atoms with Gasteiger partial charge in [0.05, 0.1) is 7.11 Å². The zero-order valence-corrected chi connectivity index (χ0v) is 7.57. The summed E-state index contributed by atoms with van der Waals surface area (Å²) in [4.78, 5) is 18.8. The quantitative estimate of drug-likeness (QED) is 0.750. The molecule has 0 aliphatic carbocycles. The number of aromatic nitrogens is 2. The molecular formula is C8H11N3O2. The summed E-state index contributed by atoms with van der Waals surface area (Å²) in [6, 6.07) is 0. The van der Waals surface area contributed by atoms with E-state index in [2.05, 4.69) is 15.3 Å². The number of hydrogen-bond donors (Lipinski definition) is 1. The Morgan fingerprint density at radius 2 is 2.23 bits per heavy atom. The minimum Gasteiger partial charge on any atom is -0.478 e. The first-order valence-electron chi connectivity index (χ1n) is 3.92. The van der Waals surface area contributed by atoms with Crippen molar-refractivity contribution in [2.45, 2.75) is 13.3 Å². The number of methoxy groups -OCH3 is 1. The monoisotopic (exact) mass is 181 g/mol. The second kappa shape index (κ2) is 4.39. The number of hydrogen-bond acceptors (Lipinski definition) is 4. The summed E-state index contributed by atoms with van der Waals surface area (Å²) in [6.07, 6.45) is 3.40. The molecular weight excluding hydrogens is 170 g/mol. The van der Waals surface area contributed by atoms with Crippen LogP contribution in [0.3, 0.4) is 0 Å². The summed E-state index contributed by atoms with van der Waals surface area (Å²) in [5.41, 5.74) is 0. The zero-order chi connectivity index (χ0) is 9.68. The van der Waals surface area contributed by atoms with Gasteiger partial charge in [0.15, 0.2) is 5.82 Å². The smallest absolute Gasteiger partial charge is 0.257 e.